The Labute approximate surface area is 143 Å². The van der Waals surface area contributed by atoms with Crippen LogP contribution in [0, 0.1) is 11.8 Å². The molecule has 0 aliphatic carbocycles. The van der Waals surface area contributed by atoms with Crippen LogP contribution in [-0.2, 0) is 14.3 Å². The fourth-order valence-electron chi connectivity index (χ4n) is 3.78. The lowest BCUT2D eigenvalue weighted by atomic mass is 9.92. The molecule has 0 radical (unpaired) electrons. The quantitative estimate of drug-likeness (QED) is 0.798. The third-order valence-corrected chi connectivity index (χ3v) is 5.31. The molecule has 0 spiro atoms. The van der Waals surface area contributed by atoms with Crippen LogP contribution in [0.4, 0.5) is 5.69 Å². The predicted octanol–water partition coefficient (Wildman–Crippen LogP) is 2.31. The summed E-state index contributed by atoms with van der Waals surface area (Å²) in [5, 5.41) is 0. The molecule has 1 aromatic carbocycles. The van der Waals surface area contributed by atoms with E-state index in [0.29, 0.717) is 13.1 Å². The van der Waals surface area contributed by atoms with E-state index < -0.39 is 0 Å². The summed E-state index contributed by atoms with van der Waals surface area (Å²) in [6, 6.07) is 10.4. The summed E-state index contributed by atoms with van der Waals surface area (Å²) in [6.07, 6.45) is 3.26. The molecular formula is C19H26N2O3. The summed E-state index contributed by atoms with van der Waals surface area (Å²) in [4.78, 5) is 28.6. The topological polar surface area (TPSA) is 49.9 Å². The summed E-state index contributed by atoms with van der Waals surface area (Å²) >= 11 is 0. The second-order valence-corrected chi connectivity index (χ2v) is 6.72. The van der Waals surface area contributed by atoms with Crippen LogP contribution in [0.5, 0.6) is 0 Å². The summed E-state index contributed by atoms with van der Waals surface area (Å²) in [7, 11) is 1.43. The van der Waals surface area contributed by atoms with E-state index in [1.54, 1.807) is 0 Å². The minimum absolute atomic E-state index is 0.0426. The normalized spacial score (nSPS) is 20.0. The van der Waals surface area contributed by atoms with Gasteiger partial charge in [-0.2, -0.15) is 0 Å². The number of ether oxygens (including phenoxy) is 1. The van der Waals surface area contributed by atoms with Crippen LogP contribution in [-0.4, -0.2) is 50.1 Å². The molecular weight excluding hydrogens is 304 g/mol. The summed E-state index contributed by atoms with van der Waals surface area (Å²) < 4.78 is 4.81. The van der Waals surface area contributed by atoms with Crippen LogP contribution >= 0.6 is 0 Å². The first-order valence-electron chi connectivity index (χ1n) is 8.85. The number of hydrogen-bond donors (Lipinski definition) is 0. The van der Waals surface area contributed by atoms with Gasteiger partial charge in [-0.3, -0.25) is 9.59 Å². The highest BCUT2D eigenvalue weighted by Gasteiger charge is 2.32. The van der Waals surface area contributed by atoms with Crippen molar-refractivity contribution in [2.24, 2.45) is 11.8 Å². The molecule has 1 amide bonds. The standard InChI is InChI=1S/C19H26N2O3/c1-24-19(23)16-9-13-21(14-10-16)18(22)15-7-11-20(12-8-15)17-5-3-2-4-6-17/h2-6,15-16H,7-14H2,1H3. The maximum atomic E-state index is 12.7. The van der Waals surface area contributed by atoms with Gasteiger partial charge in [-0.1, -0.05) is 18.2 Å². The van der Waals surface area contributed by atoms with Crippen molar-refractivity contribution >= 4 is 17.6 Å². The van der Waals surface area contributed by atoms with Crippen molar-refractivity contribution in [2.45, 2.75) is 25.7 Å². The smallest absolute Gasteiger partial charge is 0.308 e. The zero-order valence-electron chi connectivity index (χ0n) is 14.3. The maximum Gasteiger partial charge on any atom is 0.308 e. The van der Waals surface area contributed by atoms with Crippen LogP contribution < -0.4 is 4.90 Å². The average Bonchev–Trinajstić information content (AvgIpc) is 2.68. The average molecular weight is 330 g/mol. The molecule has 2 heterocycles. The molecule has 0 saturated carbocycles. The molecule has 3 rings (SSSR count). The Balaban J connectivity index is 1.48. The predicted molar refractivity (Wildman–Crippen MR) is 92.7 cm³/mol. The summed E-state index contributed by atoms with van der Waals surface area (Å²) in [6.45, 7) is 3.22. The molecule has 0 unspecified atom stereocenters. The second kappa shape index (κ2) is 7.69. The number of hydrogen-bond acceptors (Lipinski definition) is 4. The first-order chi connectivity index (χ1) is 11.7. The van der Waals surface area contributed by atoms with E-state index in [4.69, 9.17) is 4.74 Å². The highest BCUT2D eigenvalue weighted by Crippen LogP contribution is 2.26. The number of esters is 1. The van der Waals surface area contributed by atoms with Gasteiger partial charge >= 0.3 is 5.97 Å². The highest BCUT2D eigenvalue weighted by atomic mass is 16.5. The number of rotatable bonds is 3. The van der Waals surface area contributed by atoms with Gasteiger partial charge in [0.2, 0.25) is 5.91 Å². The summed E-state index contributed by atoms with van der Waals surface area (Å²) in [5.74, 6) is 0.211. The van der Waals surface area contributed by atoms with Gasteiger partial charge < -0.3 is 14.5 Å². The number of piperidine rings is 2. The number of para-hydroxylation sites is 1. The fourth-order valence-corrected chi connectivity index (χ4v) is 3.78. The van der Waals surface area contributed by atoms with Crippen molar-refractivity contribution < 1.29 is 14.3 Å². The molecule has 1 aromatic rings. The Bertz CT molecular complexity index is 559. The van der Waals surface area contributed by atoms with Gasteiger partial charge in [0, 0.05) is 37.8 Å². The lowest BCUT2D eigenvalue weighted by molar-refractivity contribution is -0.149. The molecule has 2 aliphatic rings. The van der Waals surface area contributed by atoms with Crippen molar-refractivity contribution in [2.75, 3.05) is 38.2 Å². The highest BCUT2D eigenvalue weighted by molar-refractivity contribution is 5.80. The summed E-state index contributed by atoms with van der Waals surface area (Å²) in [5.41, 5.74) is 1.24. The Kier molecular flexibility index (Phi) is 5.38. The van der Waals surface area contributed by atoms with E-state index in [1.807, 2.05) is 11.0 Å². The zero-order chi connectivity index (χ0) is 16.9. The van der Waals surface area contributed by atoms with E-state index in [1.165, 1.54) is 12.8 Å². The van der Waals surface area contributed by atoms with Gasteiger partial charge in [0.25, 0.3) is 0 Å². The van der Waals surface area contributed by atoms with Crippen molar-refractivity contribution in [1.29, 1.82) is 0 Å². The molecule has 5 nitrogen and oxygen atoms in total. The van der Waals surface area contributed by atoms with Crippen molar-refractivity contribution in [3.05, 3.63) is 30.3 Å². The lowest BCUT2D eigenvalue weighted by Gasteiger charge is -2.37. The zero-order valence-corrected chi connectivity index (χ0v) is 14.3. The molecule has 0 N–H and O–H groups in total. The van der Waals surface area contributed by atoms with Crippen LogP contribution in [0.3, 0.4) is 0 Å². The number of amides is 1. The van der Waals surface area contributed by atoms with Crippen LogP contribution in [0.15, 0.2) is 30.3 Å². The number of nitrogens with zero attached hydrogens (tertiary/aromatic N) is 2. The van der Waals surface area contributed by atoms with Crippen LogP contribution in [0.2, 0.25) is 0 Å². The molecule has 0 aromatic heterocycles. The van der Waals surface area contributed by atoms with Crippen LogP contribution in [0.1, 0.15) is 25.7 Å². The number of carbonyl (C=O) groups is 2. The third-order valence-electron chi connectivity index (χ3n) is 5.31. The van der Waals surface area contributed by atoms with Crippen LogP contribution in [0.25, 0.3) is 0 Å². The maximum absolute atomic E-state index is 12.7. The van der Waals surface area contributed by atoms with Crippen molar-refractivity contribution in [3.63, 3.8) is 0 Å². The Morgan fingerprint density at radius 1 is 0.917 bits per heavy atom. The molecule has 0 bridgehead atoms. The van der Waals surface area contributed by atoms with E-state index in [2.05, 4.69) is 29.2 Å². The van der Waals surface area contributed by atoms with E-state index in [0.717, 1.165) is 38.8 Å². The van der Waals surface area contributed by atoms with E-state index >= 15 is 0 Å². The largest absolute Gasteiger partial charge is 0.469 e. The van der Waals surface area contributed by atoms with Gasteiger partial charge in [-0.25, -0.2) is 0 Å². The first kappa shape index (κ1) is 16.8. The van der Waals surface area contributed by atoms with Gasteiger partial charge in [0.05, 0.1) is 13.0 Å². The molecule has 2 aliphatic heterocycles. The molecule has 5 heteroatoms. The van der Waals surface area contributed by atoms with Gasteiger partial charge in [0.15, 0.2) is 0 Å². The van der Waals surface area contributed by atoms with E-state index in [9.17, 15) is 9.59 Å². The molecule has 130 valence electrons. The van der Waals surface area contributed by atoms with Gasteiger partial charge in [-0.05, 0) is 37.8 Å². The molecule has 24 heavy (non-hydrogen) atoms. The molecule has 2 fully saturated rings. The molecule has 0 atom stereocenters. The van der Waals surface area contributed by atoms with E-state index in [-0.39, 0.29) is 23.7 Å². The van der Waals surface area contributed by atoms with Crippen molar-refractivity contribution in [3.8, 4) is 0 Å². The van der Waals surface area contributed by atoms with Gasteiger partial charge in [-0.15, -0.1) is 0 Å². The minimum atomic E-state index is -0.140. The second-order valence-electron chi connectivity index (χ2n) is 6.72. The Morgan fingerprint density at radius 2 is 1.50 bits per heavy atom. The third kappa shape index (κ3) is 3.71. The van der Waals surface area contributed by atoms with Gasteiger partial charge in [0.1, 0.15) is 0 Å². The number of methoxy groups -OCH3 is 1. The number of carbonyl (C=O) groups excluding carboxylic acids is 2. The Hall–Kier alpha value is -2.04. The number of benzene rings is 1. The minimum Gasteiger partial charge on any atom is -0.469 e. The van der Waals surface area contributed by atoms with Crippen molar-refractivity contribution in [1.82, 2.24) is 4.90 Å². The first-order valence-corrected chi connectivity index (χ1v) is 8.85. The molecule has 2 saturated heterocycles. The fraction of sp³-hybridized carbons (Fsp3) is 0.579. The lowest BCUT2D eigenvalue weighted by Crippen LogP contribution is -2.46. The SMILES string of the molecule is COC(=O)C1CCN(C(=O)C2CCN(c3ccccc3)CC2)CC1. The number of likely N-dealkylation sites (tertiary alicyclic amines) is 1. The Morgan fingerprint density at radius 3 is 2.08 bits per heavy atom. The number of anilines is 1. The monoisotopic (exact) mass is 330 g/mol.